The van der Waals surface area contributed by atoms with E-state index in [-0.39, 0.29) is 5.60 Å². The Bertz CT molecular complexity index is 278. The summed E-state index contributed by atoms with van der Waals surface area (Å²) in [5, 5.41) is 8.37. The molecule has 0 aromatic heterocycles. The third kappa shape index (κ3) is 4.19. The van der Waals surface area contributed by atoms with E-state index in [1.54, 1.807) is 0 Å². The Morgan fingerprint density at radius 2 is 2.25 bits per heavy atom. The lowest BCUT2D eigenvalue weighted by molar-refractivity contribution is -0.138. The van der Waals surface area contributed by atoms with Crippen molar-refractivity contribution in [2.45, 2.75) is 45.3 Å². The molecule has 90 valence electrons. The number of ether oxygens (including phenoxy) is 1. The fourth-order valence-electron chi connectivity index (χ4n) is 1.92. The third-order valence-electron chi connectivity index (χ3n) is 2.82. The standard InChI is InChI=1S/C7H10N2.C5H10O2/c8-2-4-9-3-1-6-5-7(6)9;1-5(2,3)7-4-6/h6-7H,1,3-5H2;4H,1-3H3. The highest BCUT2D eigenvalue weighted by Gasteiger charge is 2.46. The van der Waals surface area contributed by atoms with Gasteiger partial charge in [0.1, 0.15) is 5.60 Å². The predicted molar refractivity (Wildman–Crippen MR) is 60.6 cm³/mol. The van der Waals surface area contributed by atoms with Crippen molar-refractivity contribution in [3.63, 3.8) is 0 Å². The molecular formula is C12H20N2O2. The fourth-order valence-corrected chi connectivity index (χ4v) is 1.92. The summed E-state index contributed by atoms with van der Waals surface area (Å²) in [6.45, 7) is 7.74. The van der Waals surface area contributed by atoms with Gasteiger partial charge >= 0.3 is 0 Å². The number of hydrogen-bond acceptors (Lipinski definition) is 4. The lowest BCUT2D eigenvalue weighted by Gasteiger charge is -2.14. The molecule has 1 aliphatic carbocycles. The highest BCUT2D eigenvalue weighted by Crippen LogP contribution is 2.43. The van der Waals surface area contributed by atoms with E-state index in [1.807, 2.05) is 20.8 Å². The van der Waals surface area contributed by atoms with Crippen molar-refractivity contribution in [1.29, 1.82) is 5.26 Å². The lowest BCUT2D eigenvalue weighted by Crippen LogP contribution is -2.23. The van der Waals surface area contributed by atoms with Gasteiger partial charge < -0.3 is 4.74 Å². The van der Waals surface area contributed by atoms with Gasteiger partial charge in [-0.15, -0.1) is 0 Å². The number of nitriles is 1. The van der Waals surface area contributed by atoms with Gasteiger partial charge in [-0.3, -0.25) is 9.69 Å². The summed E-state index contributed by atoms with van der Waals surface area (Å²) in [4.78, 5) is 11.9. The molecule has 0 spiro atoms. The van der Waals surface area contributed by atoms with Crippen molar-refractivity contribution >= 4 is 6.47 Å². The molecule has 1 saturated carbocycles. The Morgan fingerprint density at radius 1 is 1.56 bits per heavy atom. The molecule has 0 amide bonds. The van der Waals surface area contributed by atoms with Gasteiger partial charge in [-0.05, 0) is 46.1 Å². The van der Waals surface area contributed by atoms with E-state index in [0.29, 0.717) is 13.0 Å². The van der Waals surface area contributed by atoms with E-state index in [2.05, 4.69) is 15.7 Å². The first-order valence-electron chi connectivity index (χ1n) is 5.70. The first kappa shape index (κ1) is 13.0. The van der Waals surface area contributed by atoms with E-state index >= 15 is 0 Å². The van der Waals surface area contributed by atoms with Gasteiger partial charge in [-0.1, -0.05) is 0 Å². The highest BCUT2D eigenvalue weighted by atomic mass is 16.5. The van der Waals surface area contributed by atoms with E-state index in [1.165, 1.54) is 19.4 Å². The molecule has 4 nitrogen and oxygen atoms in total. The monoisotopic (exact) mass is 224 g/mol. The van der Waals surface area contributed by atoms with Crippen molar-refractivity contribution in [1.82, 2.24) is 4.90 Å². The number of rotatable bonds is 2. The van der Waals surface area contributed by atoms with Crippen LogP contribution in [0.1, 0.15) is 33.6 Å². The van der Waals surface area contributed by atoms with Crippen LogP contribution >= 0.6 is 0 Å². The van der Waals surface area contributed by atoms with Crippen LogP contribution in [-0.4, -0.2) is 36.1 Å². The second-order valence-corrected chi connectivity index (χ2v) is 5.31. The number of likely N-dealkylation sites (tertiary alicyclic amines) is 1. The van der Waals surface area contributed by atoms with Gasteiger partial charge in [0.25, 0.3) is 6.47 Å². The molecule has 2 atom stereocenters. The van der Waals surface area contributed by atoms with Crippen LogP contribution in [-0.2, 0) is 9.53 Å². The predicted octanol–water partition coefficient (Wildman–Crippen LogP) is 1.56. The minimum atomic E-state index is -0.318. The molecule has 0 aromatic rings. The van der Waals surface area contributed by atoms with Crippen LogP contribution in [0.4, 0.5) is 0 Å². The first-order chi connectivity index (χ1) is 7.48. The second-order valence-electron chi connectivity index (χ2n) is 5.31. The van der Waals surface area contributed by atoms with Crippen molar-refractivity contribution < 1.29 is 9.53 Å². The molecule has 16 heavy (non-hydrogen) atoms. The van der Waals surface area contributed by atoms with Crippen LogP contribution in [0.15, 0.2) is 0 Å². The Labute approximate surface area is 97.2 Å². The molecule has 1 heterocycles. The quantitative estimate of drug-likeness (QED) is 0.527. The molecule has 0 radical (unpaired) electrons. The average Bonchev–Trinajstić information content (AvgIpc) is 2.83. The Kier molecular flexibility index (Phi) is 4.31. The van der Waals surface area contributed by atoms with Crippen LogP contribution in [0.25, 0.3) is 0 Å². The van der Waals surface area contributed by atoms with Gasteiger partial charge in [-0.2, -0.15) is 5.26 Å². The summed E-state index contributed by atoms with van der Waals surface area (Å²) in [6, 6.07) is 3.00. The molecule has 0 aromatic carbocycles. The van der Waals surface area contributed by atoms with Crippen molar-refractivity contribution in [3.8, 4) is 6.07 Å². The maximum absolute atomic E-state index is 9.60. The summed E-state index contributed by atoms with van der Waals surface area (Å²) in [7, 11) is 0. The maximum atomic E-state index is 9.60. The number of fused-ring (bicyclic) bond motifs is 1. The van der Waals surface area contributed by atoms with Crippen molar-refractivity contribution in [2.75, 3.05) is 13.1 Å². The van der Waals surface area contributed by atoms with Crippen LogP contribution in [0.3, 0.4) is 0 Å². The van der Waals surface area contributed by atoms with E-state index in [0.717, 1.165) is 12.0 Å². The van der Waals surface area contributed by atoms with Gasteiger partial charge in [0, 0.05) is 6.04 Å². The lowest BCUT2D eigenvalue weighted by atomic mass is 10.2. The number of piperidine rings is 1. The highest BCUT2D eigenvalue weighted by molar-refractivity contribution is 5.37. The van der Waals surface area contributed by atoms with E-state index in [4.69, 9.17) is 5.26 Å². The molecule has 0 N–H and O–H groups in total. The summed E-state index contributed by atoms with van der Waals surface area (Å²) < 4.78 is 4.55. The van der Waals surface area contributed by atoms with E-state index in [9.17, 15) is 4.79 Å². The molecule has 4 heteroatoms. The topological polar surface area (TPSA) is 53.3 Å². The number of nitrogens with zero attached hydrogens (tertiary/aromatic N) is 2. The summed E-state index contributed by atoms with van der Waals surface area (Å²) in [6.07, 6.45) is 2.70. The van der Waals surface area contributed by atoms with Crippen molar-refractivity contribution in [3.05, 3.63) is 0 Å². The summed E-state index contributed by atoms with van der Waals surface area (Å²) >= 11 is 0. The Morgan fingerprint density at radius 3 is 2.50 bits per heavy atom. The molecule has 2 unspecified atom stereocenters. The first-order valence-corrected chi connectivity index (χ1v) is 5.70. The van der Waals surface area contributed by atoms with Gasteiger partial charge in [0.15, 0.2) is 0 Å². The SMILES string of the molecule is CC(C)(C)OC=O.N#CCN1CCC2CC21. The largest absolute Gasteiger partial charge is 0.462 e. The van der Waals surface area contributed by atoms with Crippen LogP contribution in [0, 0.1) is 17.2 Å². The number of hydrogen-bond donors (Lipinski definition) is 0. The average molecular weight is 224 g/mol. The van der Waals surface area contributed by atoms with Gasteiger partial charge in [0.2, 0.25) is 0 Å². The van der Waals surface area contributed by atoms with Crippen LogP contribution < -0.4 is 0 Å². The molecule has 1 aliphatic heterocycles. The zero-order chi connectivity index (χ0) is 12.2. The summed E-state index contributed by atoms with van der Waals surface area (Å²) in [5.41, 5.74) is -0.318. The number of carbonyl (C=O) groups is 1. The van der Waals surface area contributed by atoms with Gasteiger partial charge in [0.05, 0.1) is 12.6 Å². The molecule has 1 saturated heterocycles. The minimum Gasteiger partial charge on any atom is -0.462 e. The zero-order valence-corrected chi connectivity index (χ0v) is 10.3. The molecular weight excluding hydrogens is 204 g/mol. The third-order valence-corrected chi connectivity index (χ3v) is 2.82. The normalized spacial score (nSPS) is 27.1. The van der Waals surface area contributed by atoms with E-state index < -0.39 is 0 Å². The number of carbonyl (C=O) groups excluding carboxylic acids is 1. The minimum absolute atomic E-state index is 0.318. The summed E-state index contributed by atoms with van der Waals surface area (Å²) in [5.74, 6) is 0.971. The molecule has 2 aliphatic rings. The second kappa shape index (κ2) is 5.31. The Hall–Kier alpha value is -1.08. The molecule has 2 rings (SSSR count). The zero-order valence-electron chi connectivity index (χ0n) is 10.3. The smallest absolute Gasteiger partial charge is 0.293 e. The molecule has 0 bridgehead atoms. The maximum Gasteiger partial charge on any atom is 0.293 e. The van der Waals surface area contributed by atoms with Crippen LogP contribution in [0.2, 0.25) is 0 Å². The van der Waals surface area contributed by atoms with Crippen molar-refractivity contribution in [2.24, 2.45) is 5.92 Å². The Balaban J connectivity index is 0.000000168. The van der Waals surface area contributed by atoms with Crippen LogP contribution in [0.5, 0.6) is 0 Å². The fraction of sp³-hybridized carbons (Fsp3) is 0.833. The van der Waals surface area contributed by atoms with Gasteiger partial charge in [-0.25, -0.2) is 0 Å². The molecule has 2 fully saturated rings.